The highest BCUT2D eigenvalue weighted by Gasteiger charge is 2.33. The van der Waals surface area contributed by atoms with Gasteiger partial charge in [0.2, 0.25) is 0 Å². The Balaban J connectivity index is 1.27. The molecule has 29 heavy (non-hydrogen) atoms. The van der Waals surface area contributed by atoms with Crippen molar-refractivity contribution < 1.29 is 27.8 Å². The smallest absolute Gasteiger partial charge is 0.321 e. The molecule has 0 unspecified atom stereocenters. The van der Waals surface area contributed by atoms with E-state index in [1.807, 2.05) is 11.0 Å². The summed E-state index contributed by atoms with van der Waals surface area (Å²) in [6, 6.07) is 8.71. The van der Waals surface area contributed by atoms with Gasteiger partial charge < -0.3 is 10.2 Å². The van der Waals surface area contributed by atoms with Crippen LogP contribution in [0.25, 0.3) is 0 Å². The molecule has 1 aromatic carbocycles. The van der Waals surface area contributed by atoms with Gasteiger partial charge in [0.05, 0.1) is 5.56 Å². The van der Waals surface area contributed by atoms with E-state index in [-0.39, 0.29) is 5.91 Å². The molecule has 0 saturated carbocycles. The number of nitrogens with one attached hydrogen (secondary N) is 3. The molecule has 154 valence electrons. The Kier molecular flexibility index (Phi) is 5.45. The number of fused-ring (bicyclic) bond motifs is 1. The molecule has 0 radical (unpaired) electrons. The van der Waals surface area contributed by atoms with Gasteiger partial charge in [0.1, 0.15) is 32.4 Å². The van der Waals surface area contributed by atoms with Crippen LogP contribution in [0.15, 0.2) is 36.5 Å². The second-order valence-electron chi connectivity index (χ2n) is 7.76. The number of alkyl halides is 3. The number of quaternary nitrogens is 1. The Morgan fingerprint density at radius 2 is 1.86 bits per heavy atom. The normalized spacial score (nSPS) is 17.3. The van der Waals surface area contributed by atoms with Gasteiger partial charge in [-0.3, -0.25) is 9.69 Å². The number of anilines is 2. The minimum atomic E-state index is -4.34. The Hall–Kier alpha value is -2.61. The molecule has 1 aliphatic carbocycles. The van der Waals surface area contributed by atoms with Crippen LogP contribution in [0.5, 0.6) is 0 Å². The highest BCUT2D eigenvalue weighted by Crippen LogP contribution is 2.28. The van der Waals surface area contributed by atoms with Gasteiger partial charge in [-0.05, 0) is 48.6 Å². The van der Waals surface area contributed by atoms with E-state index in [1.165, 1.54) is 28.5 Å². The fraction of sp³-hybridized carbons (Fsp3) is 0.429. The number of piperazine rings is 1. The summed E-state index contributed by atoms with van der Waals surface area (Å²) in [6.45, 7) is 3.27. The largest absolute Gasteiger partial charge is 0.419 e. The lowest BCUT2D eigenvalue weighted by atomic mass is 10.1. The van der Waals surface area contributed by atoms with Crippen LogP contribution in [-0.2, 0) is 23.8 Å². The van der Waals surface area contributed by atoms with Gasteiger partial charge in [-0.1, -0.05) is 6.07 Å². The monoisotopic (exact) mass is 406 g/mol. The number of halogens is 3. The first-order valence-corrected chi connectivity index (χ1v) is 9.97. The van der Waals surface area contributed by atoms with E-state index in [9.17, 15) is 18.0 Å². The molecule has 4 rings (SSSR count). The zero-order valence-electron chi connectivity index (χ0n) is 16.1. The van der Waals surface area contributed by atoms with E-state index in [4.69, 9.17) is 0 Å². The summed E-state index contributed by atoms with van der Waals surface area (Å²) >= 11 is 0. The van der Waals surface area contributed by atoms with Crippen LogP contribution in [0.1, 0.15) is 23.1 Å². The standard InChI is InChI=1S/C21H23F3N4O/c22-21(23,24)17-5-7-19(25-13-17)28-10-8-27(9-11-28)14-20(29)26-18-6-4-15-2-1-3-16(15)12-18/h4-7,12-13H,1-3,8-11,14H2,(H,26,29)/p+2. The Morgan fingerprint density at radius 1 is 1.10 bits per heavy atom. The fourth-order valence-electron chi connectivity index (χ4n) is 4.11. The van der Waals surface area contributed by atoms with Gasteiger partial charge in [0.15, 0.2) is 6.54 Å². The maximum absolute atomic E-state index is 12.7. The number of hydrogen-bond donors (Lipinski definition) is 2. The molecule has 2 aromatic rings. The summed E-state index contributed by atoms with van der Waals surface area (Å²) in [7, 11) is 0. The summed E-state index contributed by atoms with van der Waals surface area (Å²) in [5.74, 6) is 0.659. The third-order valence-corrected chi connectivity index (χ3v) is 5.73. The lowest BCUT2D eigenvalue weighted by Gasteiger charge is -2.28. The summed E-state index contributed by atoms with van der Waals surface area (Å²) in [6.07, 6.45) is 0.0295. The number of aromatic amines is 1. The molecule has 0 spiro atoms. The molecule has 3 N–H and O–H groups in total. The first kappa shape index (κ1) is 19.7. The molecule has 2 aliphatic rings. The molecule has 0 atom stereocenters. The number of H-pyrrole nitrogens is 1. The van der Waals surface area contributed by atoms with Crippen LogP contribution in [0, 0.1) is 0 Å². The molecule has 1 amide bonds. The van der Waals surface area contributed by atoms with Crippen molar-refractivity contribution in [2.75, 3.05) is 42.9 Å². The quantitative estimate of drug-likeness (QED) is 0.806. The van der Waals surface area contributed by atoms with Crippen LogP contribution in [0.3, 0.4) is 0 Å². The van der Waals surface area contributed by atoms with Crippen molar-refractivity contribution in [3.8, 4) is 0 Å². The second-order valence-corrected chi connectivity index (χ2v) is 7.76. The van der Waals surface area contributed by atoms with Crippen LogP contribution >= 0.6 is 0 Å². The van der Waals surface area contributed by atoms with Gasteiger partial charge in [0, 0.05) is 11.8 Å². The number of amides is 1. The number of rotatable bonds is 4. The summed E-state index contributed by atoms with van der Waals surface area (Å²) in [5, 5.41) is 3.00. The Bertz CT molecular complexity index is 874. The van der Waals surface area contributed by atoms with Crippen LogP contribution < -0.4 is 20.1 Å². The van der Waals surface area contributed by atoms with E-state index in [1.54, 1.807) is 0 Å². The Morgan fingerprint density at radius 3 is 2.55 bits per heavy atom. The minimum absolute atomic E-state index is 0.00695. The van der Waals surface area contributed by atoms with Crippen LogP contribution in [-0.4, -0.2) is 38.6 Å². The third-order valence-electron chi connectivity index (χ3n) is 5.73. The number of nitrogens with zero attached hydrogens (tertiary/aromatic N) is 1. The van der Waals surface area contributed by atoms with Crippen LogP contribution in [0.4, 0.5) is 24.7 Å². The third kappa shape index (κ3) is 4.70. The summed E-state index contributed by atoms with van der Waals surface area (Å²) in [5.41, 5.74) is 2.88. The maximum Gasteiger partial charge on any atom is 0.419 e. The van der Waals surface area contributed by atoms with E-state index in [2.05, 4.69) is 22.4 Å². The van der Waals surface area contributed by atoms with Crippen molar-refractivity contribution in [2.24, 2.45) is 0 Å². The first-order valence-electron chi connectivity index (χ1n) is 9.97. The maximum atomic E-state index is 12.7. The van der Waals surface area contributed by atoms with Crippen molar-refractivity contribution in [1.29, 1.82) is 0 Å². The molecular formula is C21H25F3N4O+2. The lowest BCUT2D eigenvalue weighted by molar-refractivity contribution is -0.892. The number of aromatic nitrogens is 1. The van der Waals surface area contributed by atoms with Crippen molar-refractivity contribution in [2.45, 2.75) is 25.4 Å². The highest BCUT2D eigenvalue weighted by atomic mass is 19.4. The van der Waals surface area contributed by atoms with E-state index >= 15 is 0 Å². The molecule has 1 fully saturated rings. The highest BCUT2D eigenvalue weighted by molar-refractivity contribution is 5.91. The molecule has 8 heteroatoms. The number of benzene rings is 1. The number of hydrogen-bond acceptors (Lipinski definition) is 2. The molecular weight excluding hydrogens is 381 g/mol. The number of pyridine rings is 1. The predicted molar refractivity (Wildman–Crippen MR) is 103 cm³/mol. The minimum Gasteiger partial charge on any atom is -0.321 e. The summed E-state index contributed by atoms with van der Waals surface area (Å²) in [4.78, 5) is 18.3. The fourth-order valence-corrected chi connectivity index (χ4v) is 4.11. The first-order chi connectivity index (χ1) is 13.9. The average Bonchev–Trinajstić information content (AvgIpc) is 3.16. The summed E-state index contributed by atoms with van der Waals surface area (Å²) < 4.78 is 38.0. The van der Waals surface area contributed by atoms with Crippen molar-refractivity contribution in [3.63, 3.8) is 0 Å². The van der Waals surface area contributed by atoms with Gasteiger partial charge >= 0.3 is 6.18 Å². The Labute approximate surface area is 167 Å². The van der Waals surface area contributed by atoms with Crippen LogP contribution in [0.2, 0.25) is 0 Å². The van der Waals surface area contributed by atoms with Crippen molar-refractivity contribution >= 4 is 17.4 Å². The zero-order valence-corrected chi connectivity index (χ0v) is 16.1. The van der Waals surface area contributed by atoms with Gasteiger partial charge in [0.25, 0.3) is 11.7 Å². The molecule has 5 nitrogen and oxygen atoms in total. The number of carbonyl (C=O) groups is 1. The zero-order chi connectivity index (χ0) is 20.4. The van der Waals surface area contributed by atoms with Gasteiger partial charge in [-0.2, -0.15) is 13.2 Å². The second kappa shape index (κ2) is 8.02. The van der Waals surface area contributed by atoms with Crippen molar-refractivity contribution in [1.82, 2.24) is 0 Å². The van der Waals surface area contributed by atoms with E-state index in [0.29, 0.717) is 25.5 Å². The number of aryl methyl sites for hydroxylation is 2. The molecule has 1 saturated heterocycles. The average molecular weight is 406 g/mol. The lowest BCUT2D eigenvalue weighted by Crippen LogP contribution is -3.15. The molecule has 2 heterocycles. The van der Waals surface area contributed by atoms with E-state index in [0.717, 1.165) is 43.9 Å². The topological polar surface area (TPSA) is 50.9 Å². The van der Waals surface area contributed by atoms with Gasteiger partial charge in [-0.15, -0.1) is 0 Å². The van der Waals surface area contributed by atoms with E-state index < -0.39 is 11.7 Å². The van der Waals surface area contributed by atoms with Crippen molar-refractivity contribution in [3.05, 3.63) is 53.2 Å². The molecule has 1 aliphatic heterocycles. The predicted octanol–water partition coefficient (Wildman–Crippen LogP) is 1.35. The SMILES string of the molecule is O=C(C[NH+]1CCN(c2ccc(C(F)(F)F)c[nH+]2)CC1)Nc1ccc2c(c1)CCC2. The molecule has 1 aromatic heterocycles. The molecule has 0 bridgehead atoms. The number of carbonyl (C=O) groups excluding carboxylic acids is 1. The van der Waals surface area contributed by atoms with Gasteiger partial charge in [-0.25, -0.2) is 4.98 Å².